The Morgan fingerprint density at radius 1 is 1.31 bits per heavy atom. The monoisotopic (exact) mass is 243 g/mol. The topological polar surface area (TPSA) is 42.2 Å². The maximum absolute atomic E-state index is 12.4. The molecule has 0 spiro atoms. The van der Waals surface area contributed by atoms with E-state index in [1.54, 1.807) is 0 Å². The molecule has 0 saturated carbocycles. The fraction of sp³-hybridized carbons (Fsp3) is 0.375. The van der Waals surface area contributed by atoms with Crippen molar-refractivity contribution in [1.82, 2.24) is 5.32 Å². The standard InChI is InChI=1S/C8H6F5NO2/c9-7(10,8(11,12)13)6(15)14-4-5-2-1-3-16-5/h1-3H,4H2,(H,14,15). The number of carbonyl (C=O) groups excluding carboxylic acids is 1. The van der Waals surface area contributed by atoms with Crippen LogP contribution in [0.25, 0.3) is 0 Å². The normalized spacial score (nSPS) is 12.6. The van der Waals surface area contributed by atoms with E-state index in [9.17, 15) is 26.7 Å². The number of hydrogen-bond donors (Lipinski definition) is 1. The average molecular weight is 243 g/mol. The van der Waals surface area contributed by atoms with E-state index in [4.69, 9.17) is 0 Å². The van der Waals surface area contributed by atoms with Crippen LogP contribution in [-0.4, -0.2) is 18.0 Å². The first-order chi connectivity index (χ1) is 7.25. The van der Waals surface area contributed by atoms with Gasteiger partial charge in [0.05, 0.1) is 12.8 Å². The van der Waals surface area contributed by atoms with Crippen LogP contribution in [-0.2, 0) is 11.3 Å². The molecule has 1 aromatic heterocycles. The highest BCUT2D eigenvalue weighted by atomic mass is 19.4. The molecule has 1 heterocycles. The Bertz CT molecular complexity index is 357. The highest BCUT2D eigenvalue weighted by molar-refractivity contribution is 5.84. The first kappa shape index (κ1) is 12.5. The van der Waals surface area contributed by atoms with Gasteiger partial charge in [-0.05, 0) is 12.1 Å². The fourth-order valence-electron chi connectivity index (χ4n) is 0.820. The zero-order valence-electron chi connectivity index (χ0n) is 7.65. The van der Waals surface area contributed by atoms with Gasteiger partial charge in [0.2, 0.25) is 0 Å². The lowest BCUT2D eigenvalue weighted by atomic mass is 10.3. The highest BCUT2D eigenvalue weighted by Gasteiger charge is 2.63. The lowest BCUT2D eigenvalue weighted by molar-refractivity contribution is -0.269. The van der Waals surface area contributed by atoms with E-state index in [1.807, 2.05) is 0 Å². The van der Waals surface area contributed by atoms with Gasteiger partial charge in [0, 0.05) is 0 Å². The number of nitrogens with one attached hydrogen (secondary N) is 1. The molecule has 1 N–H and O–H groups in total. The first-order valence-corrected chi connectivity index (χ1v) is 4.00. The van der Waals surface area contributed by atoms with Crippen LogP contribution in [0.4, 0.5) is 22.0 Å². The molecular formula is C8H6F5NO2. The summed E-state index contributed by atoms with van der Waals surface area (Å²) in [6, 6.07) is 2.73. The van der Waals surface area contributed by atoms with Gasteiger partial charge in [-0.3, -0.25) is 4.79 Å². The number of rotatable bonds is 3. The van der Waals surface area contributed by atoms with Crippen LogP contribution in [0.3, 0.4) is 0 Å². The van der Waals surface area contributed by atoms with Gasteiger partial charge in [-0.25, -0.2) is 0 Å². The van der Waals surface area contributed by atoms with Gasteiger partial charge in [0.15, 0.2) is 0 Å². The second-order valence-corrected chi connectivity index (χ2v) is 2.83. The van der Waals surface area contributed by atoms with E-state index in [0.29, 0.717) is 0 Å². The van der Waals surface area contributed by atoms with Crippen LogP contribution in [0.2, 0.25) is 0 Å². The summed E-state index contributed by atoms with van der Waals surface area (Å²) in [5, 5.41) is 1.43. The van der Waals surface area contributed by atoms with Gasteiger partial charge in [-0.2, -0.15) is 22.0 Å². The average Bonchev–Trinajstić information content (AvgIpc) is 2.64. The SMILES string of the molecule is O=C(NCc1ccco1)C(F)(F)C(F)(F)F. The molecule has 0 aliphatic heterocycles. The van der Waals surface area contributed by atoms with Crippen molar-refractivity contribution in [1.29, 1.82) is 0 Å². The van der Waals surface area contributed by atoms with Gasteiger partial charge in [-0.15, -0.1) is 0 Å². The fourth-order valence-corrected chi connectivity index (χ4v) is 0.820. The van der Waals surface area contributed by atoms with Crippen LogP contribution in [0.1, 0.15) is 5.76 Å². The van der Waals surface area contributed by atoms with Gasteiger partial charge in [0.25, 0.3) is 0 Å². The molecule has 90 valence electrons. The Kier molecular flexibility index (Phi) is 3.20. The molecule has 16 heavy (non-hydrogen) atoms. The summed E-state index contributed by atoms with van der Waals surface area (Å²) in [4.78, 5) is 10.6. The Morgan fingerprint density at radius 3 is 2.38 bits per heavy atom. The predicted octanol–water partition coefficient (Wildman–Crippen LogP) is 2.09. The highest BCUT2D eigenvalue weighted by Crippen LogP contribution is 2.35. The van der Waals surface area contributed by atoms with Gasteiger partial charge in [-0.1, -0.05) is 0 Å². The lowest BCUT2D eigenvalue weighted by Crippen LogP contribution is -2.50. The maximum atomic E-state index is 12.4. The van der Waals surface area contributed by atoms with Gasteiger partial charge < -0.3 is 9.73 Å². The molecule has 0 aromatic carbocycles. The largest absolute Gasteiger partial charge is 0.467 e. The molecule has 0 radical (unpaired) electrons. The number of alkyl halides is 5. The predicted molar refractivity (Wildman–Crippen MR) is 41.6 cm³/mol. The molecule has 0 aliphatic carbocycles. The molecule has 0 fully saturated rings. The summed E-state index contributed by atoms with van der Waals surface area (Å²) in [5.41, 5.74) is 0. The van der Waals surface area contributed by atoms with Crippen molar-refractivity contribution in [2.45, 2.75) is 18.6 Å². The molecule has 0 atom stereocenters. The van der Waals surface area contributed by atoms with Crippen molar-refractivity contribution >= 4 is 5.91 Å². The Hall–Kier alpha value is -1.60. The van der Waals surface area contributed by atoms with Crippen LogP contribution in [0.5, 0.6) is 0 Å². The summed E-state index contributed by atoms with van der Waals surface area (Å²) in [5.74, 6) is -7.73. The Morgan fingerprint density at radius 2 is 1.94 bits per heavy atom. The number of hydrogen-bond acceptors (Lipinski definition) is 2. The molecule has 1 aromatic rings. The van der Waals surface area contributed by atoms with Crippen molar-refractivity contribution in [2.24, 2.45) is 0 Å². The van der Waals surface area contributed by atoms with Crippen LogP contribution in [0.15, 0.2) is 22.8 Å². The van der Waals surface area contributed by atoms with E-state index in [2.05, 4.69) is 4.42 Å². The van der Waals surface area contributed by atoms with Crippen LogP contribution >= 0.6 is 0 Å². The Labute approximate surface area is 86.2 Å². The molecule has 0 aliphatic rings. The minimum absolute atomic E-state index is 0.0753. The molecule has 0 unspecified atom stereocenters. The molecule has 3 nitrogen and oxygen atoms in total. The zero-order chi connectivity index (χ0) is 12.4. The van der Waals surface area contributed by atoms with Crippen LogP contribution < -0.4 is 5.32 Å². The molecular weight excluding hydrogens is 237 g/mol. The van der Waals surface area contributed by atoms with E-state index in [1.165, 1.54) is 23.7 Å². The van der Waals surface area contributed by atoms with Crippen molar-refractivity contribution < 1.29 is 31.2 Å². The third-order valence-corrected chi connectivity index (χ3v) is 1.64. The molecule has 0 bridgehead atoms. The Balaban J connectivity index is 2.59. The second-order valence-electron chi connectivity index (χ2n) is 2.83. The van der Waals surface area contributed by atoms with E-state index in [-0.39, 0.29) is 5.76 Å². The number of amides is 1. The summed E-state index contributed by atoms with van der Waals surface area (Å²) < 4.78 is 64.6. The van der Waals surface area contributed by atoms with E-state index < -0.39 is 24.6 Å². The molecule has 8 heteroatoms. The second kappa shape index (κ2) is 4.11. The summed E-state index contributed by atoms with van der Waals surface area (Å²) in [6.07, 6.45) is -4.70. The quantitative estimate of drug-likeness (QED) is 0.826. The van der Waals surface area contributed by atoms with Gasteiger partial charge in [0.1, 0.15) is 5.76 Å². The maximum Gasteiger partial charge on any atom is 0.463 e. The minimum Gasteiger partial charge on any atom is -0.467 e. The first-order valence-electron chi connectivity index (χ1n) is 4.00. The zero-order valence-corrected chi connectivity index (χ0v) is 7.65. The summed E-state index contributed by atoms with van der Waals surface area (Å²) >= 11 is 0. The smallest absolute Gasteiger partial charge is 0.463 e. The van der Waals surface area contributed by atoms with Crippen molar-refractivity contribution in [3.8, 4) is 0 Å². The van der Waals surface area contributed by atoms with Crippen molar-refractivity contribution in [3.05, 3.63) is 24.2 Å². The minimum atomic E-state index is -5.90. The van der Waals surface area contributed by atoms with E-state index >= 15 is 0 Å². The van der Waals surface area contributed by atoms with Gasteiger partial charge >= 0.3 is 18.0 Å². The molecule has 1 rings (SSSR count). The number of halogens is 5. The third kappa shape index (κ3) is 2.50. The lowest BCUT2D eigenvalue weighted by Gasteiger charge is -2.18. The van der Waals surface area contributed by atoms with Crippen molar-refractivity contribution in [3.63, 3.8) is 0 Å². The molecule has 0 saturated heterocycles. The van der Waals surface area contributed by atoms with Crippen LogP contribution in [0, 0.1) is 0 Å². The van der Waals surface area contributed by atoms with E-state index in [0.717, 1.165) is 0 Å². The number of furan rings is 1. The number of carbonyl (C=O) groups is 1. The van der Waals surface area contributed by atoms with Crippen molar-refractivity contribution in [2.75, 3.05) is 0 Å². The summed E-state index contributed by atoms with van der Waals surface area (Å²) in [6.45, 7) is -0.530. The molecule has 1 amide bonds. The third-order valence-electron chi connectivity index (χ3n) is 1.64. The summed E-state index contributed by atoms with van der Waals surface area (Å²) in [7, 11) is 0.